The minimum Gasteiger partial charge on any atom is -0.471 e. The lowest BCUT2D eigenvalue weighted by Crippen LogP contribution is -2.60. The normalized spacial score (nSPS) is 26.0. The average molecular weight is 322 g/mol. The second-order valence-corrected chi connectivity index (χ2v) is 8.11. The summed E-state index contributed by atoms with van der Waals surface area (Å²) in [5, 5.41) is 0. The molecule has 2 saturated heterocycles. The van der Waals surface area contributed by atoms with Crippen LogP contribution in [0.2, 0.25) is 0 Å². The van der Waals surface area contributed by atoms with E-state index in [1.165, 1.54) is 25.1 Å². The van der Waals surface area contributed by atoms with Crippen LogP contribution in [0.1, 0.15) is 25.7 Å². The van der Waals surface area contributed by atoms with Gasteiger partial charge in [0, 0.05) is 37.9 Å². The summed E-state index contributed by atoms with van der Waals surface area (Å²) in [7, 11) is 0. The van der Waals surface area contributed by atoms with E-state index in [4.69, 9.17) is 4.74 Å². The number of rotatable bonds is 4. The van der Waals surface area contributed by atoms with Crippen molar-refractivity contribution in [3.05, 3.63) is 24.1 Å². The molecule has 1 spiro atoms. The molecular weight excluding hydrogens is 303 g/mol. The van der Waals surface area contributed by atoms with Gasteiger partial charge in [-0.1, -0.05) is 0 Å². The number of thioether (sulfide) groups is 1. The van der Waals surface area contributed by atoms with Gasteiger partial charge in [0.1, 0.15) is 6.10 Å². The predicted molar refractivity (Wildman–Crippen MR) is 82.3 cm³/mol. The highest BCUT2D eigenvalue weighted by Crippen LogP contribution is 2.46. The fourth-order valence-electron chi connectivity index (χ4n) is 3.24. The van der Waals surface area contributed by atoms with Gasteiger partial charge in [-0.05, 0) is 30.9 Å². The Balaban J connectivity index is 1.30. The Bertz CT molecular complexity index is 587. The number of carbonyl (C=O) groups excluding carboxylic acids is 1. The van der Waals surface area contributed by atoms with Crippen molar-refractivity contribution in [2.75, 3.05) is 18.8 Å². The smallest absolute Gasteiger partial charge is 0.250 e. The molecule has 1 aliphatic carbocycles. The zero-order valence-electron chi connectivity index (χ0n) is 12.3. The van der Waals surface area contributed by atoms with E-state index in [-0.39, 0.29) is 16.7 Å². The molecular formula is C16H19FN2O2S. The van der Waals surface area contributed by atoms with Gasteiger partial charge in [-0.25, -0.2) is 9.37 Å². The van der Waals surface area contributed by atoms with Crippen LogP contribution in [0.15, 0.2) is 18.3 Å². The molecule has 3 fully saturated rings. The largest absolute Gasteiger partial charge is 0.471 e. The standard InChI is InChI=1S/C16H19FN2O2S/c17-13-2-1-5-18-15(13)21-12-7-16(22-8-12)9-19(10-16)14(20)6-11-3-4-11/h1-2,5,11-12H,3-4,6-10H2. The van der Waals surface area contributed by atoms with Crippen LogP contribution in [-0.4, -0.2) is 45.5 Å². The van der Waals surface area contributed by atoms with Crippen LogP contribution in [-0.2, 0) is 4.79 Å². The number of amides is 1. The summed E-state index contributed by atoms with van der Waals surface area (Å²) in [4.78, 5) is 18.0. The molecule has 0 aromatic carbocycles. The van der Waals surface area contributed by atoms with Crippen LogP contribution >= 0.6 is 11.8 Å². The molecule has 1 saturated carbocycles. The van der Waals surface area contributed by atoms with Gasteiger partial charge in [-0.15, -0.1) is 11.8 Å². The Morgan fingerprint density at radius 1 is 1.50 bits per heavy atom. The minimum absolute atomic E-state index is 0.0184. The number of nitrogens with zero attached hydrogens (tertiary/aromatic N) is 2. The van der Waals surface area contributed by atoms with Crippen molar-refractivity contribution in [1.29, 1.82) is 0 Å². The quantitative estimate of drug-likeness (QED) is 0.854. The minimum atomic E-state index is -0.414. The van der Waals surface area contributed by atoms with Gasteiger partial charge < -0.3 is 9.64 Å². The fourth-order valence-corrected chi connectivity index (χ4v) is 4.76. The number of aromatic nitrogens is 1. The molecule has 1 atom stereocenters. The Morgan fingerprint density at radius 2 is 2.32 bits per heavy atom. The van der Waals surface area contributed by atoms with Crippen LogP contribution in [0.4, 0.5) is 4.39 Å². The Hall–Kier alpha value is -1.30. The van der Waals surface area contributed by atoms with Crippen molar-refractivity contribution in [2.45, 2.75) is 36.5 Å². The molecule has 2 aliphatic heterocycles. The van der Waals surface area contributed by atoms with Crippen molar-refractivity contribution >= 4 is 17.7 Å². The SMILES string of the molecule is O=C(CC1CC1)N1CC2(CC(Oc3ncccc3F)CS2)C1. The van der Waals surface area contributed by atoms with Crippen LogP contribution < -0.4 is 4.74 Å². The maximum atomic E-state index is 13.6. The second kappa shape index (κ2) is 5.41. The van der Waals surface area contributed by atoms with E-state index in [0.29, 0.717) is 11.8 Å². The molecule has 0 radical (unpaired) electrons. The van der Waals surface area contributed by atoms with Crippen molar-refractivity contribution in [3.8, 4) is 5.88 Å². The Labute approximate surface area is 133 Å². The number of halogens is 1. The van der Waals surface area contributed by atoms with Crippen molar-refractivity contribution in [3.63, 3.8) is 0 Å². The zero-order chi connectivity index (χ0) is 15.2. The first-order valence-electron chi connectivity index (χ1n) is 7.82. The number of pyridine rings is 1. The molecule has 6 heteroatoms. The topological polar surface area (TPSA) is 42.4 Å². The van der Waals surface area contributed by atoms with E-state index in [2.05, 4.69) is 4.98 Å². The van der Waals surface area contributed by atoms with Gasteiger partial charge >= 0.3 is 0 Å². The molecule has 4 nitrogen and oxygen atoms in total. The first kappa shape index (κ1) is 14.3. The lowest BCUT2D eigenvalue weighted by atomic mass is 9.92. The molecule has 0 bridgehead atoms. The van der Waals surface area contributed by atoms with Crippen LogP contribution in [0.25, 0.3) is 0 Å². The van der Waals surface area contributed by atoms with Crippen molar-refractivity contribution < 1.29 is 13.9 Å². The summed E-state index contributed by atoms with van der Waals surface area (Å²) < 4.78 is 19.4. The molecule has 1 aromatic heterocycles. The maximum Gasteiger partial charge on any atom is 0.250 e. The summed E-state index contributed by atoms with van der Waals surface area (Å²) in [6, 6.07) is 2.92. The van der Waals surface area contributed by atoms with E-state index in [0.717, 1.165) is 31.7 Å². The number of hydrogen-bond acceptors (Lipinski definition) is 4. The van der Waals surface area contributed by atoms with Crippen molar-refractivity contribution in [2.24, 2.45) is 5.92 Å². The van der Waals surface area contributed by atoms with E-state index in [1.807, 2.05) is 16.7 Å². The average Bonchev–Trinajstić information content (AvgIpc) is 3.16. The van der Waals surface area contributed by atoms with Gasteiger partial charge in [0.2, 0.25) is 5.91 Å². The molecule has 1 amide bonds. The first-order valence-corrected chi connectivity index (χ1v) is 8.81. The van der Waals surface area contributed by atoms with Crippen LogP contribution in [0.5, 0.6) is 5.88 Å². The molecule has 0 N–H and O–H groups in total. The molecule has 1 aromatic rings. The Kier molecular flexibility index (Phi) is 3.51. The molecule has 3 heterocycles. The number of ether oxygens (including phenoxy) is 1. The van der Waals surface area contributed by atoms with E-state index >= 15 is 0 Å². The zero-order valence-corrected chi connectivity index (χ0v) is 13.2. The fraction of sp³-hybridized carbons (Fsp3) is 0.625. The molecule has 4 rings (SSSR count). The third kappa shape index (κ3) is 2.81. The van der Waals surface area contributed by atoms with E-state index < -0.39 is 5.82 Å². The van der Waals surface area contributed by atoms with Gasteiger partial charge in [0.15, 0.2) is 5.82 Å². The number of likely N-dealkylation sites (tertiary alicyclic amines) is 1. The van der Waals surface area contributed by atoms with Crippen molar-refractivity contribution in [1.82, 2.24) is 9.88 Å². The predicted octanol–water partition coefficient (Wildman–Crippen LogP) is 2.49. The van der Waals surface area contributed by atoms with E-state index in [1.54, 1.807) is 6.07 Å². The summed E-state index contributed by atoms with van der Waals surface area (Å²) in [5.41, 5.74) is 0. The van der Waals surface area contributed by atoms with Crippen LogP contribution in [0, 0.1) is 11.7 Å². The molecule has 3 aliphatic rings. The highest BCUT2D eigenvalue weighted by Gasteiger charge is 2.51. The Morgan fingerprint density at radius 3 is 3.05 bits per heavy atom. The summed E-state index contributed by atoms with van der Waals surface area (Å²) >= 11 is 1.85. The molecule has 118 valence electrons. The number of carbonyl (C=O) groups is 1. The highest BCUT2D eigenvalue weighted by atomic mass is 32.2. The van der Waals surface area contributed by atoms with Gasteiger partial charge in [0.25, 0.3) is 5.88 Å². The first-order chi connectivity index (χ1) is 10.6. The van der Waals surface area contributed by atoms with Gasteiger partial charge in [-0.2, -0.15) is 0 Å². The third-order valence-corrected chi connectivity index (χ3v) is 6.22. The molecule has 22 heavy (non-hydrogen) atoms. The van der Waals surface area contributed by atoms with Gasteiger partial charge in [-0.3, -0.25) is 4.79 Å². The van der Waals surface area contributed by atoms with Gasteiger partial charge in [0.05, 0.1) is 4.75 Å². The monoisotopic (exact) mass is 322 g/mol. The number of hydrogen-bond donors (Lipinski definition) is 0. The summed E-state index contributed by atoms with van der Waals surface area (Å²) in [5.74, 6) is 1.45. The highest BCUT2D eigenvalue weighted by molar-refractivity contribution is 8.01. The lowest BCUT2D eigenvalue weighted by molar-refractivity contribution is -0.136. The summed E-state index contributed by atoms with van der Waals surface area (Å²) in [6.07, 6.45) is 5.53. The van der Waals surface area contributed by atoms with E-state index in [9.17, 15) is 9.18 Å². The third-order valence-electron chi connectivity index (χ3n) is 4.65. The molecule has 1 unspecified atom stereocenters. The maximum absolute atomic E-state index is 13.6. The lowest BCUT2D eigenvalue weighted by Gasteiger charge is -2.47. The summed E-state index contributed by atoms with van der Waals surface area (Å²) in [6.45, 7) is 1.63. The van der Waals surface area contributed by atoms with Crippen LogP contribution in [0.3, 0.4) is 0 Å². The second-order valence-electron chi connectivity index (χ2n) is 6.63.